The van der Waals surface area contributed by atoms with E-state index in [-0.39, 0.29) is 11.9 Å². The Morgan fingerprint density at radius 3 is 2.63 bits per heavy atom. The van der Waals surface area contributed by atoms with Crippen molar-refractivity contribution in [1.82, 2.24) is 5.32 Å². The zero-order valence-electron chi connectivity index (χ0n) is 12.4. The van der Waals surface area contributed by atoms with Gasteiger partial charge in [-0.05, 0) is 56.0 Å². The van der Waals surface area contributed by atoms with E-state index in [0.29, 0.717) is 0 Å². The van der Waals surface area contributed by atoms with E-state index in [1.807, 2.05) is 13.1 Å². The Hall–Kier alpha value is -1.09. The maximum atomic E-state index is 13.5. The molecule has 2 rings (SSSR count). The van der Waals surface area contributed by atoms with Crippen molar-refractivity contribution in [2.24, 2.45) is 11.8 Å². The van der Waals surface area contributed by atoms with Crippen LogP contribution in [-0.2, 0) is 0 Å². The van der Waals surface area contributed by atoms with Crippen LogP contribution < -0.4 is 10.2 Å². The average Bonchev–Trinajstić information content (AvgIpc) is 2.87. The van der Waals surface area contributed by atoms with Crippen molar-refractivity contribution in [1.29, 1.82) is 0 Å². The average molecular weight is 264 g/mol. The molecule has 2 nitrogen and oxygen atoms in total. The number of anilines is 1. The van der Waals surface area contributed by atoms with Gasteiger partial charge in [-0.15, -0.1) is 0 Å². The predicted octanol–water partition coefficient (Wildman–Crippen LogP) is 3.59. The Morgan fingerprint density at radius 1 is 1.32 bits per heavy atom. The van der Waals surface area contributed by atoms with Crippen LogP contribution in [0.1, 0.15) is 38.8 Å². The van der Waals surface area contributed by atoms with Gasteiger partial charge in [-0.1, -0.05) is 13.8 Å². The van der Waals surface area contributed by atoms with E-state index in [0.717, 1.165) is 30.5 Å². The number of rotatable bonds is 4. The molecule has 1 saturated heterocycles. The highest BCUT2D eigenvalue weighted by Crippen LogP contribution is 2.33. The summed E-state index contributed by atoms with van der Waals surface area (Å²) < 4.78 is 13.5. The van der Waals surface area contributed by atoms with Crippen molar-refractivity contribution < 1.29 is 4.39 Å². The largest absolute Gasteiger partial charge is 0.371 e. The van der Waals surface area contributed by atoms with Crippen LogP contribution in [0.5, 0.6) is 0 Å². The molecule has 1 aromatic carbocycles. The molecule has 2 atom stereocenters. The molecular formula is C16H25FN2. The Balaban J connectivity index is 2.25. The number of nitrogens with zero attached hydrogens (tertiary/aromatic N) is 1. The van der Waals surface area contributed by atoms with Crippen molar-refractivity contribution in [2.75, 3.05) is 25.0 Å². The number of halogens is 1. The molecule has 1 N–H and O–H groups in total. The van der Waals surface area contributed by atoms with Crippen molar-refractivity contribution in [3.05, 3.63) is 29.6 Å². The molecule has 1 aromatic rings. The highest BCUT2D eigenvalue weighted by molar-refractivity contribution is 5.56. The zero-order chi connectivity index (χ0) is 14.0. The molecule has 1 aliphatic heterocycles. The topological polar surface area (TPSA) is 15.3 Å². The molecular weight excluding hydrogens is 239 g/mol. The summed E-state index contributed by atoms with van der Waals surface area (Å²) in [6, 6.07) is 5.34. The first kappa shape index (κ1) is 14.3. The predicted molar refractivity (Wildman–Crippen MR) is 79.0 cm³/mol. The normalized spacial score (nSPS) is 21.2. The van der Waals surface area contributed by atoms with Gasteiger partial charge in [0.1, 0.15) is 5.82 Å². The molecule has 2 unspecified atom stereocenters. The summed E-state index contributed by atoms with van der Waals surface area (Å²) in [7, 11) is 1.92. The van der Waals surface area contributed by atoms with E-state index < -0.39 is 0 Å². The molecule has 19 heavy (non-hydrogen) atoms. The van der Waals surface area contributed by atoms with Crippen LogP contribution in [0, 0.1) is 17.7 Å². The van der Waals surface area contributed by atoms with E-state index in [1.54, 1.807) is 12.1 Å². The van der Waals surface area contributed by atoms with Crippen LogP contribution in [0.15, 0.2) is 18.2 Å². The van der Waals surface area contributed by atoms with Crippen LogP contribution in [0.25, 0.3) is 0 Å². The minimum atomic E-state index is -0.152. The van der Waals surface area contributed by atoms with Gasteiger partial charge in [0.05, 0.1) is 0 Å². The second-order valence-electron chi connectivity index (χ2n) is 5.95. The van der Waals surface area contributed by atoms with Crippen LogP contribution in [0.2, 0.25) is 0 Å². The van der Waals surface area contributed by atoms with Gasteiger partial charge in [-0.3, -0.25) is 0 Å². The summed E-state index contributed by atoms with van der Waals surface area (Å²) in [5.41, 5.74) is 2.25. The first-order valence-electron chi connectivity index (χ1n) is 7.24. The summed E-state index contributed by atoms with van der Waals surface area (Å²) in [6.07, 6.45) is 1.24. The smallest absolute Gasteiger partial charge is 0.123 e. The Kier molecular flexibility index (Phi) is 4.46. The fraction of sp³-hybridized carbons (Fsp3) is 0.625. The molecule has 106 valence electrons. The lowest BCUT2D eigenvalue weighted by atomic mass is 9.95. The van der Waals surface area contributed by atoms with Crippen LogP contribution >= 0.6 is 0 Å². The molecule has 1 aliphatic rings. The molecule has 0 aromatic heterocycles. The minimum Gasteiger partial charge on any atom is -0.371 e. The molecule has 0 amide bonds. The lowest BCUT2D eigenvalue weighted by Gasteiger charge is -2.25. The molecule has 0 bridgehead atoms. The number of hydrogen-bond acceptors (Lipinski definition) is 2. The summed E-state index contributed by atoms with van der Waals surface area (Å²) in [6.45, 7) is 8.82. The third-order valence-corrected chi connectivity index (χ3v) is 4.40. The first-order chi connectivity index (χ1) is 9.02. The highest BCUT2D eigenvalue weighted by atomic mass is 19.1. The fourth-order valence-electron chi connectivity index (χ4n) is 2.87. The zero-order valence-corrected chi connectivity index (χ0v) is 12.4. The SMILES string of the molecule is CNC(C)c1cc(F)ccc1N1CCC(C(C)C)C1. The van der Waals surface area contributed by atoms with Gasteiger partial charge in [0.15, 0.2) is 0 Å². The standard InChI is InChI=1S/C16H25FN2/c1-11(2)13-7-8-19(10-13)16-6-5-14(17)9-15(16)12(3)18-4/h5-6,9,11-13,18H,7-8,10H2,1-4H3. The van der Waals surface area contributed by atoms with Crippen molar-refractivity contribution in [2.45, 2.75) is 33.2 Å². The Bertz CT molecular complexity index is 431. The molecule has 0 radical (unpaired) electrons. The summed E-state index contributed by atoms with van der Waals surface area (Å²) >= 11 is 0. The number of nitrogens with one attached hydrogen (secondary N) is 1. The minimum absolute atomic E-state index is 0.152. The second kappa shape index (κ2) is 5.91. The molecule has 0 saturated carbocycles. The molecule has 3 heteroatoms. The molecule has 0 aliphatic carbocycles. The van der Waals surface area contributed by atoms with Crippen molar-refractivity contribution in [3.8, 4) is 0 Å². The van der Waals surface area contributed by atoms with Crippen molar-refractivity contribution >= 4 is 5.69 Å². The van der Waals surface area contributed by atoms with Crippen LogP contribution in [-0.4, -0.2) is 20.1 Å². The van der Waals surface area contributed by atoms with E-state index in [9.17, 15) is 4.39 Å². The van der Waals surface area contributed by atoms with Crippen LogP contribution in [0.4, 0.5) is 10.1 Å². The van der Waals surface area contributed by atoms with Gasteiger partial charge >= 0.3 is 0 Å². The van der Waals surface area contributed by atoms with Gasteiger partial charge in [0.25, 0.3) is 0 Å². The maximum absolute atomic E-state index is 13.5. The van der Waals surface area contributed by atoms with E-state index in [4.69, 9.17) is 0 Å². The van der Waals surface area contributed by atoms with Gasteiger partial charge in [0, 0.05) is 24.8 Å². The van der Waals surface area contributed by atoms with Crippen molar-refractivity contribution in [3.63, 3.8) is 0 Å². The van der Waals surface area contributed by atoms with E-state index in [2.05, 4.69) is 31.0 Å². The fourth-order valence-corrected chi connectivity index (χ4v) is 2.87. The third kappa shape index (κ3) is 3.08. The maximum Gasteiger partial charge on any atom is 0.123 e. The monoisotopic (exact) mass is 264 g/mol. The lowest BCUT2D eigenvalue weighted by Crippen LogP contribution is -2.24. The lowest BCUT2D eigenvalue weighted by molar-refractivity contribution is 0.422. The van der Waals surface area contributed by atoms with Gasteiger partial charge < -0.3 is 10.2 Å². The summed E-state index contributed by atoms with van der Waals surface area (Å²) in [4.78, 5) is 2.41. The Morgan fingerprint density at radius 2 is 2.05 bits per heavy atom. The number of hydrogen-bond donors (Lipinski definition) is 1. The van der Waals surface area contributed by atoms with Gasteiger partial charge in [-0.25, -0.2) is 4.39 Å². The number of benzene rings is 1. The molecule has 1 fully saturated rings. The summed E-state index contributed by atoms with van der Waals surface area (Å²) in [5, 5.41) is 3.21. The second-order valence-corrected chi connectivity index (χ2v) is 5.95. The van der Waals surface area contributed by atoms with Crippen LogP contribution in [0.3, 0.4) is 0 Å². The molecule has 1 heterocycles. The van der Waals surface area contributed by atoms with Gasteiger partial charge in [-0.2, -0.15) is 0 Å². The first-order valence-corrected chi connectivity index (χ1v) is 7.24. The quantitative estimate of drug-likeness (QED) is 0.894. The third-order valence-electron chi connectivity index (χ3n) is 4.40. The van der Waals surface area contributed by atoms with Gasteiger partial charge in [0.2, 0.25) is 0 Å². The van der Waals surface area contributed by atoms with E-state index >= 15 is 0 Å². The highest BCUT2D eigenvalue weighted by Gasteiger charge is 2.27. The molecule has 0 spiro atoms. The summed E-state index contributed by atoms with van der Waals surface area (Å²) in [5.74, 6) is 1.32. The van der Waals surface area contributed by atoms with E-state index in [1.165, 1.54) is 12.1 Å². The Labute approximate surface area is 116 Å².